The van der Waals surface area contributed by atoms with E-state index in [1.165, 1.54) is 11.0 Å². The van der Waals surface area contributed by atoms with Crippen LogP contribution >= 0.6 is 11.8 Å². The molecule has 0 heterocycles. The number of carbonyl (C=O) groups excluding carboxylic acids is 1. The van der Waals surface area contributed by atoms with Crippen LogP contribution in [0.3, 0.4) is 0 Å². The largest absolute Gasteiger partial charge is 0.383 e. The number of anilines is 1. The van der Waals surface area contributed by atoms with Gasteiger partial charge in [0.05, 0.1) is 16.7 Å². The van der Waals surface area contributed by atoms with Gasteiger partial charge in [-0.05, 0) is 19.2 Å². The van der Waals surface area contributed by atoms with Gasteiger partial charge in [-0.1, -0.05) is 0 Å². The van der Waals surface area contributed by atoms with Crippen LogP contribution in [0, 0.1) is 15.9 Å². The van der Waals surface area contributed by atoms with Crippen molar-refractivity contribution in [3.05, 3.63) is 33.6 Å². The molecule has 1 amide bonds. The predicted molar refractivity (Wildman–Crippen MR) is 82.6 cm³/mol. The minimum atomic E-state index is -0.744. The van der Waals surface area contributed by atoms with Gasteiger partial charge in [0.25, 0.3) is 11.6 Å². The third-order valence-corrected chi connectivity index (χ3v) is 3.45. The summed E-state index contributed by atoms with van der Waals surface area (Å²) in [5, 5.41) is 13.8. The zero-order chi connectivity index (χ0) is 16.0. The van der Waals surface area contributed by atoms with Crippen molar-refractivity contribution in [2.45, 2.75) is 6.92 Å². The maximum absolute atomic E-state index is 13.7. The standard InChI is InChI=1S/C13H18FN3O3S/c1-4-15-11-7-9(12(17(19)20)8-10(11)14)13(18)16(2)5-6-21-3/h7-8,15H,4-6H2,1-3H3. The molecular weight excluding hydrogens is 297 g/mol. The Bertz CT molecular complexity index is 540. The first-order valence-electron chi connectivity index (χ1n) is 6.38. The highest BCUT2D eigenvalue weighted by Gasteiger charge is 2.25. The normalized spacial score (nSPS) is 10.3. The second-order valence-electron chi connectivity index (χ2n) is 4.36. The number of rotatable bonds is 7. The van der Waals surface area contributed by atoms with Gasteiger partial charge in [-0.2, -0.15) is 11.8 Å². The Kier molecular flexibility index (Phi) is 6.41. The first kappa shape index (κ1) is 17.2. The van der Waals surface area contributed by atoms with E-state index in [1.807, 2.05) is 6.26 Å². The first-order valence-corrected chi connectivity index (χ1v) is 7.78. The van der Waals surface area contributed by atoms with Gasteiger partial charge in [0.1, 0.15) is 5.56 Å². The average Bonchev–Trinajstić information content (AvgIpc) is 2.45. The van der Waals surface area contributed by atoms with Crippen LogP contribution in [-0.4, -0.2) is 47.9 Å². The van der Waals surface area contributed by atoms with Gasteiger partial charge in [0, 0.05) is 25.9 Å². The second kappa shape index (κ2) is 7.82. The van der Waals surface area contributed by atoms with E-state index in [2.05, 4.69) is 5.32 Å². The van der Waals surface area contributed by atoms with Gasteiger partial charge in [-0.15, -0.1) is 0 Å². The van der Waals surface area contributed by atoms with E-state index in [0.29, 0.717) is 13.1 Å². The summed E-state index contributed by atoms with van der Waals surface area (Å²) in [5.74, 6) is -0.515. The van der Waals surface area contributed by atoms with Crippen molar-refractivity contribution in [2.24, 2.45) is 0 Å². The number of carbonyl (C=O) groups is 1. The van der Waals surface area contributed by atoms with E-state index in [4.69, 9.17) is 0 Å². The molecule has 0 aliphatic carbocycles. The Morgan fingerprint density at radius 1 is 1.52 bits per heavy atom. The molecule has 0 saturated carbocycles. The summed E-state index contributed by atoms with van der Waals surface area (Å²) >= 11 is 1.57. The number of thioether (sulfide) groups is 1. The topological polar surface area (TPSA) is 75.5 Å². The molecule has 0 unspecified atom stereocenters. The summed E-state index contributed by atoms with van der Waals surface area (Å²) in [6.07, 6.45) is 1.90. The summed E-state index contributed by atoms with van der Waals surface area (Å²) in [5.41, 5.74) is -0.541. The van der Waals surface area contributed by atoms with Crippen LogP contribution in [0.5, 0.6) is 0 Å². The fourth-order valence-electron chi connectivity index (χ4n) is 1.75. The van der Waals surface area contributed by atoms with Crippen molar-refractivity contribution in [2.75, 3.05) is 37.5 Å². The van der Waals surface area contributed by atoms with Crippen LogP contribution in [0.25, 0.3) is 0 Å². The maximum Gasteiger partial charge on any atom is 0.285 e. The quantitative estimate of drug-likeness (QED) is 0.618. The predicted octanol–water partition coefficient (Wildman–Crippen LogP) is 2.60. The van der Waals surface area contributed by atoms with Crippen LogP contribution < -0.4 is 5.32 Å². The van der Waals surface area contributed by atoms with Gasteiger partial charge in [-0.3, -0.25) is 14.9 Å². The molecule has 8 heteroatoms. The first-order chi connectivity index (χ1) is 9.92. The van der Waals surface area contributed by atoms with Gasteiger partial charge < -0.3 is 10.2 Å². The molecule has 6 nitrogen and oxygen atoms in total. The van der Waals surface area contributed by atoms with Crippen LogP contribution in [0.1, 0.15) is 17.3 Å². The molecule has 0 bridgehead atoms. The number of amides is 1. The number of benzene rings is 1. The molecule has 1 aromatic carbocycles. The third-order valence-electron chi connectivity index (χ3n) is 2.86. The fraction of sp³-hybridized carbons (Fsp3) is 0.462. The Hall–Kier alpha value is -1.83. The van der Waals surface area contributed by atoms with Gasteiger partial charge in [-0.25, -0.2) is 4.39 Å². The monoisotopic (exact) mass is 315 g/mol. The Balaban J connectivity index is 3.21. The molecule has 21 heavy (non-hydrogen) atoms. The van der Waals surface area contributed by atoms with Crippen molar-refractivity contribution in [3.8, 4) is 0 Å². The SMILES string of the molecule is CCNc1cc(C(=O)N(C)CCSC)c([N+](=O)[O-])cc1F. The van der Waals surface area contributed by atoms with Crippen LogP contribution in [0.4, 0.5) is 15.8 Å². The molecule has 0 aromatic heterocycles. The van der Waals surface area contributed by atoms with E-state index in [1.54, 1.807) is 25.7 Å². The van der Waals surface area contributed by atoms with Gasteiger partial charge >= 0.3 is 0 Å². The van der Waals surface area contributed by atoms with Crippen molar-refractivity contribution >= 4 is 29.0 Å². The van der Waals surface area contributed by atoms with Crippen molar-refractivity contribution < 1.29 is 14.1 Å². The molecule has 0 aliphatic heterocycles. The molecule has 1 rings (SSSR count). The lowest BCUT2D eigenvalue weighted by Gasteiger charge is -2.17. The molecular formula is C13H18FN3O3S. The van der Waals surface area contributed by atoms with Gasteiger partial charge in [0.2, 0.25) is 0 Å². The number of nitrogens with one attached hydrogen (secondary N) is 1. The lowest BCUT2D eigenvalue weighted by molar-refractivity contribution is -0.385. The second-order valence-corrected chi connectivity index (χ2v) is 5.34. The average molecular weight is 315 g/mol. The van der Waals surface area contributed by atoms with Crippen LogP contribution in [0.15, 0.2) is 12.1 Å². The Morgan fingerprint density at radius 3 is 2.71 bits per heavy atom. The summed E-state index contributed by atoms with van der Waals surface area (Å²) in [4.78, 5) is 24.0. The minimum Gasteiger partial charge on any atom is -0.383 e. The fourth-order valence-corrected chi connectivity index (χ4v) is 2.20. The maximum atomic E-state index is 13.7. The molecule has 0 fully saturated rings. The number of nitrogens with zero attached hydrogens (tertiary/aromatic N) is 2. The summed E-state index contributed by atoms with van der Waals surface area (Å²) in [6, 6.07) is 1.99. The van der Waals surface area contributed by atoms with Crippen LogP contribution in [-0.2, 0) is 0 Å². The third kappa shape index (κ3) is 4.32. The van der Waals surface area contributed by atoms with Crippen LogP contribution in [0.2, 0.25) is 0 Å². The highest BCUT2D eigenvalue weighted by molar-refractivity contribution is 7.98. The van der Waals surface area contributed by atoms with E-state index in [-0.39, 0.29) is 11.3 Å². The Morgan fingerprint density at radius 2 is 2.19 bits per heavy atom. The van der Waals surface area contributed by atoms with E-state index in [0.717, 1.165) is 11.8 Å². The minimum absolute atomic E-state index is 0.0877. The zero-order valence-electron chi connectivity index (χ0n) is 12.2. The molecule has 1 aromatic rings. The van der Waals surface area contributed by atoms with E-state index in [9.17, 15) is 19.3 Å². The lowest BCUT2D eigenvalue weighted by atomic mass is 10.1. The molecule has 0 saturated heterocycles. The molecule has 116 valence electrons. The zero-order valence-corrected chi connectivity index (χ0v) is 13.0. The van der Waals surface area contributed by atoms with Crippen molar-refractivity contribution in [3.63, 3.8) is 0 Å². The molecule has 0 spiro atoms. The number of hydrogen-bond acceptors (Lipinski definition) is 5. The number of hydrogen-bond donors (Lipinski definition) is 1. The van der Waals surface area contributed by atoms with E-state index < -0.39 is 22.3 Å². The highest BCUT2D eigenvalue weighted by atomic mass is 32.2. The summed E-state index contributed by atoms with van der Waals surface area (Å²) < 4.78 is 13.7. The smallest absolute Gasteiger partial charge is 0.285 e. The van der Waals surface area contributed by atoms with Crippen molar-refractivity contribution in [1.82, 2.24) is 4.90 Å². The molecule has 0 radical (unpaired) electrons. The van der Waals surface area contributed by atoms with Gasteiger partial charge in [0.15, 0.2) is 5.82 Å². The van der Waals surface area contributed by atoms with E-state index >= 15 is 0 Å². The molecule has 0 atom stereocenters. The summed E-state index contributed by atoms with van der Waals surface area (Å²) in [7, 11) is 1.57. The summed E-state index contributed by atoms with van der Waals surface area (Å²) in [6.45, 7) is 2.68. The Labute approximate surface area is 126 Å². The lowest BCUT2D eigenvalue weighted by Crippen LogP contribution is -2.29. The number of nitro groups is 1. The molecule has 1 N–H and O–H groups in total. The molecule has 0 aliphatic rings. The van der Waals surface area contributed by atoms with Crippen molar-refractivity contribution in [1.29, 1.82) is 0 Å². The number of nitro benzene ring substituents is 1. The highest BCUT2D eigenvalue weighted by Crippen LogP contribution is 2.27. The number of halogens is 1.